The van der Waals surface area contributed by atoms with Gasteiger partial charge >= 0.3 is 0 Å². The molecule has 0 amide bonds. The Morgan fingerprint density at radius 1 is 1.23 bits per heavy atom. The molecule has 1 nitrogen and oxygen atoms in total. The fourth-order valence-corrected chi connectivity index (χ4v) is 2.51. The van der Waals surface area contributed by atoms with Crippen molar-refractivity contribution < 1.29 is 0 Å². The molecule has 0 spiro atoms. The molecule has 13 heavy (non-hydrogen) atoms. The van der Waals surface area contributed by atoms with Gasteiger partial charge in [-0.3, -0.25) is 0 Å². The lowest BCUT2D eigenvalue weighted by atomic mass is 9.89. The normalized spacial score (nSPS) is 11.8. The summed E-state index contributed by atoms with van der Waals surface area (Å²) in [6.07, 6.45) is 0. The second-order valence-corrected chi connectivity index (χ2v) is 4.94. The number of nitrogens with two attached hydrogens (primary N) is 1. The molecule has 0 bridgehead atoms. The van der Waals surface area contributed by atoms with Gasteiger partial charge in [0.25, 0.3) is 0 Å². The summed E-state index contributed by atoms with van der Waals surface area (Å²) in [6.45, 7) is 8.28. The Hall–Kier alpha value is -0.340. The van der Waals surface area contributed by atoms with Crippen molar-refractivity contribution in [3.05, 3.63) is 33.3 Å². The van der Waals surface area contributed by atoms with Gasteiger partial charge in [0.15, 0.2) is 0 Å². The topological polar surface area (TPSA) is 26.0 Å². The monoisotopic (exact) mass is 241 g/mol. The second-order valence-electron chi connectivity index (χ2n) is 4.09. The van der Waals surface area contributed by atoms with E-state index in [9.17, 15) is 0 Å². The van der Waals surface area contributed by atoms with Crippen LogP contribution >= 0.6 is 15.9 Å². The Morgan fingerprint density at radius 3 is 2.15 bits per heavy atom. The first-order valence-corrected chi connectivity index (χ1v) is 5.18. The van der Waals surface area contributed by atoms with Crippen LogP contribution in [0.25, 0.3) is 0 Å². The number of hydrogen-bond donors (Lipinski definition) is 1. The first-order valence-electron chi connectivity index (χ1n) is 4.39. The standard InChI is InChI=1S/C11H16BrN/c1-7-5-6-9(12)10(8(7)2)11(3,4)13/h5-6H,13H2,1-4H3. The molecule has 0 saturated carbocycles. The summed E-state index contributed by atoms with van der Waals surface area (Å²) in [4.78, 5) is 0. The van der Waals surface area contributed by atoms with Crippen LogP contribution in [0.3, 0.4) is 0 Å². The van der Waals surface area contributed by atoms with E-state index >= 15 is 0 Å². The van der Waals surface area contributed by atoms with Gasteiger partial charge in [0.1, 0.15) is 0 Å². The molecule has 0 aliphatic heterocycles. The Kier molecular flexibility index (Phi) is 2.83. The lowest BCUT2D eigenvalue weighted by Crippen LogP contribution is -2.30. The minimum Gasteiger partial charge on any atom is -0.322 e. The SMILES string of the molecule is Cc1ccc(Br)c(C(C)(C)N)c1C. The molecule has 0 unspecified atom stereocenters. The van der Waals surface area contributed by atoms with Crippen LogP contribution < -0.4 is 5.73 Å². The summed E-state index contributed by atoms with van der Waals surface area (Å²) in [5.74, 6) is 0. The third-order valence-corrected chi connectivity index (χ3v) is 2.99. The fourth-order valence-electron chi connectivity index (χ4n) is 1.57. The Morgan fingerprint density at radius 2 is 1.77 bits per heavy atom. The Balaban J connectivity index is 3.43. The van der Waals surface area contributed by atoms with Crippen LogP contribution in [0.2, 0.25) is 0 Å². The highest BCUT2D eigenvalue weighted by atomic mass is 79.9. The van der Waals surface area contributed by atoms with Gasteiger partial charge in [0, 0.05) is 10.0 Å². The molecule has 0 aliphatic carbocycles. The van der Waals surface area contributed by atoms with E-state index in [1.807, 2.05) is 13.8 Å². The van der Waals surface area contributed by atoms with E-state index in [-0.39, 0.29) is 5.54 Å². The zero-order chi connectivity index (χ0) is 10.2. The van der Waals surface area contributed by atoms with Crippen LogP contribution in [-0.2, 0) is 5.54 Å². The third-order valence-electron chi connectivity index (χ3n) is 2.33. The summed E-state index contributed by atoms with van der Waals surface area (Å²) in [7, 11) is 0. The maximum atomic E-state index is 6.10. The lowest BCUT2D eigenvalue weighted by molar-refractivity contribution is 0.547. The molecule has 2 N–H and O–H groups in total. The average molecular weight is 242 g/mol. The van der Waals surface area contributed by atoms with Crippen LogP contribution in [0.1, 0.15) is 30.5 Å². The van der Waals surface area contributed by atoms with Crippen LogP contribution in [0, 0.1) is 13.8 Å². The predicted molar refractivity (Wildman–Crippen MR) is 60.8 cm³/mol. The summed E-state index contributed by atoms with van der Waals surface area (Å²) in [5, 5.41) is 0. The summed E-state index contributed by atoms with van der Waals surface area (Å²) in [6, 6.07) is 4.17. The fraction of sp³-hybridized carbons (Fsp3) is 0.455. The molecule has 1 aromatic rings. The molecule has 0 atom stereocenters. The minimum atomic E-state index is -0.283. The van der Waals surface area contributed by atoms with E-state index in [1.165, 1.54) is 16.7 Å². The average Bonchev–Trinajstić information content (AvgIpc) is 1.95. The van der Waals surface area contributed by atoms with Gasteiger partial charge in [0.05, 0.1) is 0 Å². The largest absolute Gasteiger partial charge is 0.322 e. The number of benzene rings is 1. The first kappa shape index (κ1) is 10.7. The van der Waals surface area contributed by atoms with Crippen LogP contribution in [0.15, 0.2) is 16.6 Å². The lowest BCUT2D eigenvalue weighted by Gasteiger charge is -2.24. The Labute approximate surface area is 88.5 Å². The highest BCUT2D eigenvalue weighted by Crippen LogP contribution is 2.30. The maximum Gasteiger partial charge on any atom is 0.0366 e. The molecule has 0 fully saturated rings. The molecular weight excluding hydrogens is 226 g/mol. The molecule has 0 aliphatic rings. The van der Waals surface area contributed by atoms with Gasteiger partial charge in [-0.1, -0.05) is 22.0 Å². The van der Waals surface area contributed by atoms with Crippen molar-refractivity contribution in [1.82, 2.24) is 0 Å². The van der Waals surface area contributed by atoms with Crippen molar-refractivity contribution in [3.8, 4) is 0 Å². The van der Waals surface area contributed by atoms with Crippen LogP contribution in [0.5, 0.6) is 0 Å². The quantitative estimate of drug-likeness (QED) is 0.803. The number of hydrogen-bond acceptors (Lipinski definition) is 1. The van der Waals surface area contributed by atoms with Gasteiger partial charge in [-0.05, 0) is 50.5 Å². The van der Waals surface area contributed by atoms with E-state index in [1.54, 1.807) is 0 Å². The minimum absolute atomic E-state index is 0.283. The maximum absolute atomic E-state index is 6.10. The second kappa shape index (κ2) is 3.43. The van der Waals surface area contributed by atoms with Crippen molar-refractivity contribution in [2.75, 3.05) is 0 Å². The van der Waals surface area contributed by atoms with Gasteiger partial charge in [-0.25, -0.2) is 0 Å². The number of rotatable bonds is 1. The first-order chi connectivity index (χ1) is 5.84. The number of halogens is 1. The molecule has 0 saturated heterocycles. The van der Waals surface area contributed by atoms with Crippen LogP contribution in [0.4, 0.5) is 0 Å². The molecule has 1 rings (SSSR count). The molecule has 0 radical (unpaired) electrons. The van der Waals surface area contributed by atoms with Gasteiger partial charge < -0.3 is 5.73 Å². The molecule has 72 valence electrons. The predicted octanol–water partition coefficient (Wildman–Crippen LogP) is 3.26. The molecular formula is C11H16BrN. The van der Waals surface area contributed by atoms with Crippen molar-refractivity contribution in [2.45, 2.75) is 33.2 Å². The summed E-state index contributed by atoms with van der Waals surface area (Å²) in [5.41, 5.74) is 9.58. The zero-order valence-corrected chi connectivity index (χ0v) is 10.2. The third kappa shape index (κ3) is 2.12. The smallest absolute Gasteiger partial charge is 0.0366 e. The van der Waals surface area contributed by atoms with Crippen molar-refractivity contribution in [1.29, 1.82) is 0 Å². The van der Waals surface area contributed by atoms with Crippen molar-refractivity contribution in [3.63, 3.8) is 0 Å². The highest BCUT2D eigenvalue weighted by molar-refractivity contribution is 9.10. The van der Waals surface area contributed by atoms with E-state index in [4.69, 9.17) is 5.73 Å². The van der Waals surface area contributed by atoms with E-state index in [2.05, 4.69) is 41.9 Å². The summed E-state index contributed by atoms with van der Waals surface area (Å²) >= 11 is 3.54. The molecule has 0 aromatic heterocycles. The molecule has 2 heteroatoms. The van der Waals surface area contributed by atoms with E-state index in [0.29, 0.717) is 0 Å². The van der Waals surface area contributed by atoms with Gasteiger partial charge in [-0.2, -0.15) is 0 Å². The summed E-state index contributed by atoms with van der Waals surface area (Å²) < 4.78 is 1.10. The van der Waals surface area contributed by atoms with Crippen molar-refractivity contribution in [2.24, 2.45) is 5.73 Å². The Bertz CT molecular complexity index is 324. The number of aryl methyl sites for hydroxylation is 1. The van der Waals surface area contributed by atoms with E-state index in [0.717, 1.165) is 4.47 Å². The highest BCUT2D eigenvalue weighted by Gasteiger charge is 2.20. The molecule has 0 heterocycles. The van der Waals surface area contributed by atoms with Gasteiger partial charge in [-0.15, -0.1) is 0 Å². The van der Waals surface area contributed by atoms with Gasteiger partial charge in [0.2, 0.25) is 0 Å². The molecule has 1 aromatic carbocycles. The zero-order valence-electron chi connectivity index (χ0n) is 8.61. The van der Waals surface area contributed by atoms with Crippen molar-refractivity contribution >= 4 is 15.9 Å². The van der Waals surface area contributed by atoms with E-state index < -0.39 is 0 Å². The van der Waals surface area contributed by atoms with Crippen LogP contribution in [-0.4, -0.2) is 0 Å².